The number of hydrogen-bond acceptors (Lipinski definition) is 3. The van der Waals surface area contributed by atoms with Gasteiger partial charge >= 0.3 is 5.97 Å². The zero-order chi connectivity index (χ0) is 13.8. The molecule has 98 valence electrons. The van der Waals surface area contributed by atoms with Crippen molar-refractivity contribution in [1.82, 2.24) is 14.9 Å². The van der Waals surface area contributed by atoms with Crippen molar-refractivity contribution in [3.8, 4) is 0 Å². The molecule has 0 aliphatic heterocycles. The van der Waals surface area contributed by atoms with E-state index in [1.165, 1.54) is 4.90 Å². The van der Waals surface area contributed by atoms with Gasteiger partial charge in [-0.15, -0.1) is 0 Å². The summed E-state index contributed by atoms with van der Waals surface area (Å²) in [6, 6.07) is 5.66. The first-order chi connectivity index (χ1) is 9.06. The second kappa shape index (κ2) is 5.34. The molecule has 6 nitrogen and oxygen atoms in total. The summed E-state index contributed by atoms with van der Waals surface area (Å²) in [5.74, 6) is -1.49. The topological polar surface area (TPSA) is 86.3 Å². The number of nitrogens with one attached hydrogen (secondary N) is 1. The third-order valence-corrected chi connectivity index (χ3v) is 2.65. The minimum atomic E-state index is -1.14. The predicted molar refractivity (Wildman–Crippen MR) is 69.3 cm³/mol. The van der Waals surface area contributed by atoms with Crippen LogP contribution < -0.4 is 0 Å². The second-order valence-corrected chi connectivity index (χ2v) is 4.12. The van der Waals surface area contributed by atoms with Crippen molar-refractivity contribution < 1.29 is 14.7 Å². The van der Waals surface area contributed by atoms with Gasteiger partial charge in [0, 0.05) is 25.7 Å². The molecule has 1 aromatic heterocycles. The van der Waals surface area contributed by atoms with E-state index in [-0.39, 0.29) is 5.91 Å². The van der Waals surface area contributed by atoms with Crippen molar-refractivity contribution in [2.24, 2.45) is 0 Å². The highest BCUT2D eigenvalue weighted by molar-refractivity contribution is 5.93. The molecule has 0 bridgehead atoms. The van der Waals surface area contributed by atoms with Crippen molar-refractivity contribution >= 4 is 22.9 Å². The number of carbonyl (C=O) groups excluding carboxylic acids is 1. The number of carboxylic acids is 1. The molecule has 2 aromatic rings. The lowest BCUT2D eigenvalue weighted by Crippen LogP contribution is -2.24. The number of likely N-dealkylation sites (N-methyl/N-ethyl adjacent to an activating group) is 1. The highest BCUT2D eigenvalue weighted by atomic mass is 16.4. The van der Waals surface area contributed by atoms with Gasteiger partial charge in [-0.1, -0.05) is 6.07 Å². The van der Waals surface area contributed by atoms with Gasteiger partial charge in [-0.2, -0.15) is 0 Å². The maximum Gasteiger partial charge on any atom is 0.328 e. The van der Waals surface area contributed by atoms with Crippen molar-refractivity contribution in [2.75, 3.05) is 7.05 Å². The van der Waals surface area contributed by atoms with E-state index < -0.39 is 5.97 Å². The van der Waals surface area contributed by atoms with Crippen LogP contribution >= 0.6 is 0 Å². The lowest BCUT2D eigenvalue weighted by atomic mass is 10.2. The van der Waals surface area contributed by atoms with Crippen LogP contribution in [0.1, 0.15) is 5.56 Å². The standard InChI is InChI=1S/C13H13N3O3/c1-16(12(17)4-5-13(18)19)7-9-2-3-10-11(6-9)15-8-14-10/h2-6,8H,7H2,1H3,(H,14,15)(H,18,19)/b5-4+. The molecule has 0 radical (unpaired) electrons. The van der Waals surface area contributed by atoms with Gasteiger partial charge in [0.05, 0.1) is 17.4 Å². The molecule has 6 heteroatoms. The number of fused-ring (bicyclic) bond motifs is 1. The van der Waals surface area contributed by atoms with Gasteiger partial charge in [0.1, 0.15) is 0 Å². The van der Waals surface area contributed by atoms with Crippen molar-refractivity contribution in [3.63, 3.8) is 0 Å². The number of imidazole rings is 1. The van der Waals surface area contributed by atoms with Crippen molar-refractivity contribution in [3.05, 3.63) is 42.2 Å². The highest BCUT2D eigenvalue weighted by Gasteiger charge is 2.07. The van der Waals surface area contributed by atoms with Gasteiger partial charge in [-0.05, 0) is 17.7 Å². The summed E-state index contributed by atoms with van der Waals surface area (Å²) in [5.41, 5.74) is 2.71. The van der Waals surface area contributed by atoms with E-state index in [0.717, 1.165) is 28.7 Å². The van der Waals surface area contributed by atoms with E-state index in [2.05, 4.69) is 9.97 Å². The molecule has 0 aliphatic carbocycles. The zero-order valence-corrected chi connectivity index (χ0v) is 10.3. The number of nitrogens with zero attached hydrogens (tertiary/aromatic N) is 2. The Kier molecular flexibility index (Phi) is 3.61. The zero-order valence-electron chi connectivity index (χ0n) is 10.3. The molecule has 0 saturated heterocycles. The fourth-order valence-electron chi connectivity index (χ4n) is 1.70. The van der Waals surface area contributed by atoms with Crippen LogP contribution in [0, 0.1) is 0 Å². The Morgan fingerprint density at radius 1 is 1.42 bits per heavy atom. The Balaban J connectivity index is 2.07. The van der Waals surface area contributed by atoms with Crippen molar-refractivity contribution in [2.45, 2.75) is 6.54 Å². The summed E-state index contributed by atoms with van der Waals surface area (Å²) in [7, 11) is 1.62. The molecule has 0 fully saturated rings. The maximum absolute atomic E-state index is 11.6. The number of amides is 1. The molecule has 19 heavy (non-hydrogen) atoms. The number of aromatic amines is 1. The van der Waals surface area contributed by atoms with Crippen LogP contribution in [-0.4, -0.2) is 38.9 Å². The SMILES string of the molecule is CN(Cc1ccc2nc[nH]c2c1)C(=O)/C=C/C(=O)O. The Morgan fingerprint density at radius 3 is 2.95 bits per heavy atom. The number of carbonyl (C=O) groups is 2. The predicted octanol–water partition coefficient (Wildman–Crippen LogP) is 1.16. The molecule has 1 heterocycles. The smallest absolute Gasteiger partial charge is 0.328 e. The van der Waals surface area contributed by atoms with E-state index >= 15 is 0 Å². The average molecular weight is 259 g/mol. The normalized spacial score (nSPS) is 11.0. The fraction of sp³-hybridized carbons (Fsp3) is 0.154. The number of carboxylic acid groups (broad SMARTS) is 1. The van der Waals surface area contributed by atoms with E-state index in [0.29, 0.717) is 6.54 Å². The highest BCUT2D eigenvalue weighted by Crippen LogP contribution is 2.13. The van der Waals surface area contributed by atoms with Crippen LogP contribution in [0.25, 0.3) is 11.0 Å². The summed E-state index contributed by atoms with van der Waals surface area (Å²) in [6.07, 6.45) is 3.48. The quantitative estimate of drug-likeness (QED) is 0.807. The van der Waals surface area contributed by atoms with Gasteiger partial charge in [0.2, 0.25) is 5.91 Å². The lowest BCUT2D eigenvalue weighted by Gasteiger charge is -2.14. The van der Waals surface area contributed by atoms with Crippen LogP contribution in [0.15, 0.2) is 36.7 Å². The molecule has 1 amide bonds. The molecule has 0 spiro atoms. The van der Waals surface area contributed by atoms with Crippen LogP contribution in [0.3, 0.4) is 0 Å². The van der Waals surface area contributed by atoms with Crippen LogP contribution in [0.2, 0.25) is 0 Å². The summed E-state index contributed by atoms with van der Waals surface area (Å²) in [5, 5.41) is 8.46. The van der Waals surface area contributed by atoms with Gasteiger partial charge in [-0.25, -0.2) is 9.78 Å². The van der Waals surface area contributed by atoms with Gasteiger partial charge in [0.25, 0.3) is 0 Å². The molecular weight excluding hydrogens is 246 g/mol. The first-order valence-corrected chi connectivity index (χ1v) is 5.64. The van der Waals surface area contributed by atoms with Crippen molar-refractivity contribution in [1.29, 1.82) is 0 Å². The number of benzene rings is 1. The molecule has 0 unspecified atom stereocenters. The number of hydrogen-bond donors (Lipinski definition) is 2. The van der Waals surface area contributed by atoms with Gasteiger partial charge < -0.3 is 15.0 Å². The summed E-state index contributed by atoms with van der Waals surface area (Å²) in [6.45, 7) is 0.401. The average Bonchev–Trinajstić information content (AvgIpc) is 2.83. The molecule has 0 saturated carbocycles. The van der Waals surface area contributed by atoms with Crippen LogP contribution in [0.5, 0.6) is 0 Å². The van der Waals surface area contributed by atoms with Crippen LogP contribution in [0.4, 0.5) is 0 Å². The molecule has 0 aliphatic rings. The fourth-order valence-corrected chi connectivity index (χ4v) is 1.70. The number of aromatic nitrogens is 2. The lowest BCUT2D eigenvalue weighted by molar-refractivity contribution is -0.132. The third kappa shape index (κ3) is 3.19. The summed E-state index contributed by atoms with van der Waals surface area (Å²) in [4.78, 5) is 30.5. The van der Waals surface area contributed by atoms with Gasteiger partial charge in [0.15, 0.2) is 0 Å². The van der Waals surface area contributed by atoms with E-state index in [1.807, 2.05) is 18.2 Å². The molecule has 1 aromatic carbocycles. The Morgan fingerprint density at radius 2 is 2.21 bits per heavy atom. The molecular formula is C13H13N3O3. The number of aliphatic carboxylic acids is 1. The third-order valence-electron chi connectivity index (χ3n) is 2.65. The Hall–Kier alpha value is -2.63. The first-order valence-electron chi connectivity index (χ1n) is 5.64. The summed E-state index contributed by atoms with van der Waals surface area (Å²) < 4.78 is 0. The largest absolute Gasteiger partial charge is 0.478 e. The van der Waals surface area contributed by atoms with E-state index in [9.17, 15) is 9.59 Å². The minimum Gasteiger partial charge on any atom is -0.478 e. The number of H-pyrrole nitrogens is 1. The Bertz CT molecular complexity index is 645. The van der Waals surface area contributed by atoms with Gasteiger partial charge in [-0.3, -0.25) is 4.79 Å². The second-order valence-electron chi connectivity index (χ2n) is 4.12. The molecule has 0 atom stereocenters. The van der Waals surface area contributed by atoms with Crippen LogP contribution in [-0.2, 0) is 16.1 Å². The van der Waals surface area contributed by atoms with E-state index in [4.69, 9.17) is 5.11 Å². The Labute approximate surface area is 109 Å². The first kappa shape index (κ1) is 12.8. The molecule has 2 rings (SSSR count). The molecule has 2 N–H and O–H groups in total. The number of rotatable bonds is 4. The maximum atomic E-state index is 11.6. The minimum absolute atomic E-state index is 0.355. The summed E-state index contributed by atoms with van der Waals surface area (Å²) >= 11 is 0. The van der Waals surface area contributed by atoms with E-state index in [1.54, 1.807) is 13.4 Å². The monoisotopic (exact) mass is 259 g/mol.